The molecular weight excluding hydrogens is 2170 g/mol. The number of aromatic amines is 2. The predicted molar refractivity (Wildman–Crippen MR) is 457 cm³/mol. The summed E-state index contributed by atoms with van der Waals surface area (Å²) in [4.78, 5) is 125. The van der Waals surface area contributed by atoms with E-state index in [9.17, 15) is 56.7 Å². The summed E-state index contributed by atoms with van der Waals surface area (Å²) in [7, 11) is 15.4. The van der Waals surface area contributed by atoms with Gasteiger partial charge in [-0.2, -0.15) is 0 Å². The fourth-order valence-corrected chi connectivity index (χ4v) is 12.0. The molecule has 628 valence electrons. The average molecular weight is 2260 g/mol. The maximum absolute atomic E-state index is 13.9. The second-order valence-electron chi connectivity index (χ2n) is 24.6. The fourth-order valence-electron chi connectivity index (χ4n) is 9.47. The Balaban J connectivity index is -0.00000141. The standard InChI is InChI=1S/C23H19ClFN5O3S.C13H14N2O3S.C12H8ClFN2O3.C10H13NO4S.C7H10N2O2.C7H16N2.BClHOP.2BH.ClH.Na.H2O.2U/c1-12-5-15(10-30(12)2)28-23(33)20-8-16(11-34-20)29-22(32)19-7-14(9-26-19)27-21(31)17-4-3-13(24)6-18(17)25;1-8-4-11(19-7-8)12(16)14-9-5-10(13(17)18-3)15(2)6-9;13-6-1-2-8(9(14)3-6)11(17)16-7-4-10(12(18)19)15-5-7;1-10(2,3)15-9(14)11-6-4-7(8(12)13)16-5-6;1-9-4-5(8)3-6(9)7(10)11-2;8-4-7-9-5-2-1-3-6-9;2-4-1-3;;;;;;;/h3-11,26H,1-2H3,(H,27,31)(H,28,33)(H,29,32);4-7H,1-3H3,(H,14,16);1-5,15H,(H,16,17)(H,18,19);4-5H,1-3H3,(H,11,14)(H,12,13);3-4H,8H2,1-2H3;1-8H2;4H;3*1H;;1H2;;/q;;;;;;;;;;+1;;;/p-1/i;;;;;;;2*1T;;;;;. The normalized spacial score (nSPS) is 10.8. The number of H-pyrrole nitrogens is 2. The van der Waals surface area contributed by atoms with E-state index >= 15 is 0 Å². The van der Waals surface area contributed by atoms with Gasteiger partial charge < -0.3 is 96.5 Å². The van der Waals surface area contributed by atoms with E-state index in [-0.39, 0.29) is 184 Å². The topological polar surface area (TPSA) is 460 Å². The van der Waals surface area contributed by atoms with Gasteiger partial charge in [-0.25, -0.2) is 32.8 Å². The number of aromatic nitrogens is 5. The van der Waals surface area contributed by atoms with Crippen LogP contribution in [0.1, 0.15) is 143 Å². The number of carboxylic acids is 2. The van der Waals surface area contributed by atoms with Gasteiger partial charge in [0.05, 0.1) is 74.9 Å². The number of piperidine rings is 1. The van der Waals surface area contributed by atoms with Crippen molar-refractivity contribution in [2.24, 2.45) is 26.9 Å². The second kappa shape index (κ2) is 57.9. The Morgan fingerprint density at radius 2 is 1.03 bits per heavy atom. The van der Waals surface area contributed by atoms with E-state index in [0.717, 1.165) is 47.8 Å². The predicted octanol–water partition coefficient (Wildman–Crippen LogP) is 10.8. The summed E-state index contributed by atoms with van der Waals surface area (Å²) in [5, 5.41) is 38.5. The summed E-state index contributed by atoms with van der Waals surface area (Å²) in [6, 6.07) is 19.8. The first-order chi connectivity index (χ1) is 54.9. The molecule has 119 heavy (non-hydrogen) atoms. The number of carboxylic acid groups (broad SMARTS) is 2. The van der Waals surface area contributed by atoms with Crippen LogP contribution >= 0.6 is 88.7 Å². The number of amides is 6. The number of hydrogen-bond acceptors (Lipinski definition) is 21. The quantitative estimate of drug-likeness (QED) is 0.0164. The van der Waals surface area contributed by atoms with E-state index < -0.39 is 59.0 Å². The molecule has 47 heteroatoms. The summed E-state index contributed by atoms with van der Waals surface area (Å²) in [6.45, 7) is 14.3. The number of likely N-dealkylation sites (tertiary alicyclic amines) is 1. The first-order valence-electron chi connectivity index (χ1n) is 34.2. The number of halogens is 6. The molecule has 1 atom stereocenters. The molecule has 31 nitrogen and oxygen atoms in total. The van der Waals surface area contributed by atoms with Crippen LogP contribution in [0.5, 0.6) is 0 Å². The van der Waals surface area contributed by atoms with E-state index in [0.29, 0.717) is 56.4 Å². The molecule has 1 fully saturated rings. The van der Waals surface area contributed by atoms with Gasteiger partial charge in [-0.05, 0) is 159 Å². The molecule has 11 rings (SSSR count). The zero-order valence-corrected chi connectivity index (χ0v) is 82.8. The number of nitrogens with zero attached hydrogens (tertiary/aromatic N) is 4. The largest absolute Gasteiger partial charge is 1.00 e. The molecule has 15 N–H and O–H groups in total. The van der Waals surface area contributed by atoms with Crippen LogP contribution in [0.4, 0.5) is 53.4 Å². The number of aryl methyl sites for hydroxylation is 5. The van der Waals surface area contributed by atoms with Crippen LogP contribution in [0.25, 0.3) is 0 Å². The average Bonchev–Trinajstić information content (AvgIpc) is 1.79. The Kier molecular flexibility index (Phi) is 54.3. The third kappa shape index (κ3) is 40.0. The Labute approximate surface area is 795 Å². The summed E-state index contributed by atoms with van der Waals surface area (Å²) in [5.41, 5.74) is 16.2. The van der Waals surface area contributed by atoms with Crippen molar-refractivity contribution in [2.75, 3.05) is 78.0 Å². The maximum atomic E-state index is 13.9. The molecule has 1 aliphatic rings. The Bertz CT molecular complexity index is 4960. The number of carbonyl (C=O) groups is 10. The van der Waals surface area contributed by atoms with Crippen LogP contribution in [-0.4, -0.2) is 176 Å². The number of rotatable bonds is 18. The number of esters is 2. The van der Waals surface area contributed by atoms with Crippen molar-refractivity contribution in [1.82, 2.24) is 28.6 Å². The number of hydrogen-bond donors (Lipinski definition) is 12. The van der Waals surface area contributed by atoms with Crippen molar-refractivity contribution in [1.29, 1.82) is 2.67 Å². The fraction of sp³-hybridized carbons (Fsp3) is 0.250. The van der Waals surface area contributed by atoms with E-state index in [1.54, 1.807) is 85.4 Å². The number of nitrogens with one attached hydrogen (secondary N) is 8. The molecule has 9 heterocycles. The van der Waals surface area contributed by atoms with Gasteiger partial charge in [0.15, 0.2) is 0 Å². The van der Waals surface area contributed by atoms with E-state index in [1.807, 2.05) is 49.2 Å². The number of thiophene rings is 3. The molecule has 10 aromatic rings. The van der Waals surface area contributed by atoms with Crippen molar-refractivity contribution in [3.8, 4) is 0 Å². The van der Waals surface area contributed by atoms with Gasteiger partial charge in [0.1, 0.15) is 44.9 Å². The molecule has 2 aromatic carbocycles. The monoisotopic (exact) mass is 2260 g/mol. The number of carbonyl (C=O) groups excluding carboxylic acids is 8. The number of aromatic carboxylic acids is 2. The Morgan fingerprint density at radius 3 is 1.44 bits per heavy atom. The molecule has 0 saturated carbocycles. The third-order valence-electron chi connectivity index (χ3n) is 14.7. The molecule has 0 aliphatic carbocycles. The van der Waals surface area contributed by atoms with Gasteiger partial charge in [-0.3, -0.25) is 29.3 Å². The van der Waals surface area contributed by atoms with Crippen molar-refractivity contribution < 1.29 is 183 Å². The van der Waals surface area contributed by atoms with Crippen LogP contribution in [0.15, 0.2) is 132 Å². The van der Waals surface area contributed by atoms with Crippen molar-refractivity contribution >= 4 is 212 Å². The first-order valence-corrected chi connectivity index (χ1v) is 38.6. The third-order valence-corrected chi connectivity index (χ3v) is 18.4. The van der Waals surface area contributed by atoms with Crippen molar-refractivity contribution in [2.45, 2.75) is 59.5 Å². The number of nitrogens with two attached hydrogens (primary N) is 2. The van der Waals surface area contributed by atoms with Crippen LogP contribution < -0.4 is 72.9 Å². The summed E-state index contributed by atoms with van der Waals surface area (Å²) >= 11 is 19.8. The number of anilines is 7. The summed E-state index contributed by atoms with van der Waals surface area (Å²) in [6.07, 6.45) is 11.4. The smallest absolute Gasteiger partial charge is 0.870 e. The zero-order valence-electron chi connectivity index (χ0n) is 67.9. The number of nitrogen functional groups attached to an aromatic ring is 1. The molecule has 1 saturated heterocycles. The summed E-state index contributed by atoms with van der Waals surface area (Å²) < 4.78 is 66.3. The number of ether oxygens (including phenoxy) is 3. The van der Waals surface area contributed by atoms with Crippen molar-refractivity contribution in [3.63, 3.8) is 0 Å². The molecule has 1 unspecified atom stereocenters. The van der Waals surface area contributed by atoms with Gasteiger partial charge in [-0.15, -0.1) is 46.4 Å². The molecule has 6 amide bonds. The van der Waals surface area contributed by atoms with Crippen LogP contribution in [0, 0.1) is 87.7 Å². The van der Waals surface area contributed by atoms with Gasteiger partial charge >= 0.3 is 90.2 Å². The molecular formula is C72H85B3Cl4F2N14NaO17PS3U2. The minimum Gasteiger partial charge on any atom is -0.870 e. The van der Waals surface area contributed by atoms with E-state index in [1.165, 1.54) is 124 Å². The minimum absolute atomic E-state index is 0. The van der Waals surface area contributed by atoms with Crippen molar-refractivity contribution in [3.05, 3.63) is 214 Å². The van der Waals surface area contributed by atoms with Crippen LogP contribution in [-0.2, 0) is 40.1 Å². The molecule has 4 radical (unpaired) electrons. The van der Waals surface area contributed by atoms with Gasteiger partial charge in [0.25, 0.3) is 29.5 Å². The Morgan fingerprint density at radius 1 is 0.597 bits per heavy atom. The van der Waals surface area contributed by atoms with E-state index in [2.05, 4.69) is 73.0 Å². The maximum Gasteiger partial charge on any atom is 1.00 e. The molecule has 0 spiro atoms. The molecule has 8 aromatic heterocycles. The second-order valence-corrected chi connectivity index (χ2v) is 29.3. The minimum atomic E-state index is -1.15. The Hall–Kier alpha value is -7.33. The van der Waals surface area contributed by atoms with Gasteiger partial charge in [0.2, 0.25) is 0 Å². The zero-order chi connectivity index (χ0) is 87.1. The van der Waals surface area contributed by atoms with Crippen LogP contribution in [0.3, 0.4) is 0 Å². The molecule has 0 bridgehead atoms. The van der Waals surface area contributed by atoms with E-state index in [4.69, 9.17) is 68.2 Å². The van der Waals surface area contributed by atoms with Gasteiger partial charge in [0, 0.05) is 171 Å². The number of benzene rings is 2. The summed E-state index contributed by atoms with van der Waals surface area (Å²) in [5.74, 6) is -6.78. The SMILES string of the molecule is CC(C)(C)OC(=O)Nc1csc(C(=O)O)c1.COC(=O)c1cc(N)cn1C.COC(=O)c1cc(NC(=O)c2cc(C)cs2)cn1C.Cc1cc(NC(=O)c2cc(NC(=O)c3cc(NC(=O)c4ccc(Cl)cc4F)c[nH]3)cs2)cn1C.Cl.NCCN1CCCCC1.O=BPCl.O=C(O)c1cc(NC(=O)c2ccc(Cl)cc2F)c[nH]1.[3H][B].[3H][B].[Na+].[OH-].[U].[U]. The first kappa shape index (κ1) is 112. The van der Waals surface area contributed by atoms with Gasteiger partial charge in [-0.1, -0.05) is 29.6 Å². The number of methoxy groups -OCH3 is 2. The molecule has 1 aliphatic heterocycles. The van der Waals surface area contributed by atoms with Crippen LogP contribution in [0.2, 0.25) is 10.0 Å².